The van der Waals surface area contributed by atoms with Crippen molar-refractivity contribution in [3.8, 4) is 0 Å². The van der Waals surface area contributed by atoms with Crippen molar-refractivity contribution in [1.29, 1.82) is 0 Å². The Balaban J connectivity index is 1.85. The van der Waals surface area contributed by atoms with Crippen LogP contribution in [-0.4, -0.2) is 23.6 Å². The number of hydrogen-bond donors (Lipinski definition) is 1. The minimum Gasteiger partial charge on any atom is -0.466 e. The topological polar surface area (TPSA) is 51.2 Å². The molecule has 112 valence electrons. The monoisotopic (exact) mass is 304 g/mol. The smallest absolute Gasteiger partial charge is 0.311 e. The molecule has 0 saturated carbocycles. The molecule has 1 N–H and O–H groups in total. The SMILES string of the molecule is CCOC(=O)Cc1csc(NC(C)Cc2ccccc2)n1. The Kier molecular flexibility index (Phi) is 5.75. The van der Waals surface area contributed by atoms with Gasteiger partial charge in [0.25, 0.3) is 0 Å². The first-order chi connectivity index (χ1) is 10.2. The van der Waals surface area contributed by atoms with Crippen molar-refractivity contribution in [2.75, 3.05) is 11.9 Å². The van der Waals surface area contributed by atoms with Crippen LogP contribution in [0.25, 0.3) is 0 Å². The fraction of sp³-hybridized carbons (Fsp3) is 0.375. The van der Waals surface area contributed by atoms with E-state index in [1.54, 1.807) is 6.92 Å². The molecule has 0 fully saturated rings. The molecule has 1 aromatic heterocycles. The van der Waals surface area contributed by atoms with Gasteiger partial charge < -0.3 is 10.1 Å². The molecule has 2 rings (SSSR count). The van der Waals surface area contributed by atoms with Crippen molar-refractivity contribution >= 4 is 22.4 Å². The van der Waals surface area contributed by atoms with Crippen LogP contribution in [0.1, 0.15) is 25.1 Å². The number of esters is 1. The van der Waals surface area contributed by atoms with Gasteiger partial charge in [0.05, 0.1) is 18.7 Å². The quantitative estimate of drug-likeness (QED) is 0.798. The minimum absolute atomic E-state index is 0.230. The number of carbonyl (C=O) groups is 1. The first kappa shape index (κ1) is 15.5. The molecule has 0 radical (unpaired) electrons. The number of anilines is 1. The molecule has 1 aromatic carbocycles. The van der Waals surface area contributed by atoms with Crippen LogP contribution >= 0.6 is 11.3 Å². The highest BCUT2D eigenvalue weighted by Crippen LogP contribution is 2.18. The van der Waals surface area contributed by atoms with Crippen LogP contribution in [0.2, 0.25) is 0 Å². The number of hydrogen-bond acceptors (Lipinski definition) is 5. The van der Waals surface area contributed by atoms with E-state index in [9.17, 15) is 4.79 Å². The summed E-state index contributed by atoms with van der Waals surface area (Å²) >= 11 is 1.52. The van der Waals surface area contributed by atoms with Gasteiger partial charge in [-0.25, -0.2) is 4.98 Å². The number of aromatic nitrogens is 1. The van der Waals surface area contributed by atoms with Gasteiger partial charge >= 0.3 is 5.97 Å². The third-order valence-corrected chi connectivity index (χ3v) is 3.76. The zero-order valence-corrected chi connectivity index (χ0v) is 13.2. The number of nitrogens with one attached hydrogen (secondary N) is 1. The van der Waals surface area contributed by atoms with Gasteiger partial charge in [-0.15, -0.1) is 11.3 Å². The van der Waals surface area contributed by atoms with Crippen LogP contribution in [0.15, 0.2) is 35.7 Å². The molecule has 0 amide bonds. The molecule has 1 heterocycles. The minimum atomic E-state index is -0.230. The predicted molar refractivity (Wildman–Crippen MR) is 85.7 cm³/mol. The molecule has 21 heavy (non-hydrogen) atoms. The first-order valence-corrected chi connectivity index (χ1v) is 7.96. The molecule has 0 aliphatic rings. The van der Waals surface area contributed by atoms with Crippen LogP contribution < -0.4 is 5.32 Å². The van der Waals surface area contributed by atoms with Gasteiger partial charge in [-0.1, -0.05) is 30.3 Å². The van der Waals surface area contributed by atoms with Gasteiger partial charge in [-0.3, -0.25) is 4.79 Å². The highest BCUT2D eigenvalue weighted by atomic mass is 32.1. The summed E-state index contributed by atoms with van der Waals surface area (Å²) in [5, 5.41) is 6.11. The van der Waals surface area contributed by atoms with Gasteiger partial charge in [0, 0.05) is 11.4 Å². The molecule has 0 spiro atoms. The Bertz CT molecular complexity index is 569. The summed E-state index contributed by atoms with van der Waals surface area (Å²) in [5.74, 6) is -0.230. The maximum atomic E-state index is 11.4. The third kappa shape index (κ3) is 5.19. The summed E-state index contributed by atoms with van der Waals surface area (Å²) < 4.78 is 4.92. The summed E-state index contributed by atoms with van der Waals surface area (Å²) in [7, 11) is 0. The molecule has 1 unspecified atom stereocenters. The standard InChI is InChI=1S/C16H20N2O2S/c1-3-20-15(19)10-14-11-21-16(18-14)17-12(2)9-13-7-5-4-6-8-13/h4-8,11-12H,3,9-10H2,1-2H3,(H,17,18). The third-order valence-electron chi connectivity index (χ3n) is 2.94. The van der Waals surface area contributed by atoms with Gasteiger partial charge in [0.2, 0.25) is 0 Å². The maximum Gasteiger partial charge on any atom is 0.311 e. The average molecular weight is 304 g/mol. The molecule has 2 aromatic rings. The average Bonchev–Trinajstić information content (AvgIpc) is 2.87. The number of thiazole rings is 1. The van der Waals surface area contributed by atoms with E-state index in [4.69, 9.17) is 4.74 Å². The second-order valence-electron chi connectivity index (χ2n) is 4.86. The second kappa shape index (κ2) is 7.78. The number of rotatable bonds is 7. The van der Waals surface area contributed by atoms with Crippen molar-refractivity contribution in [3.63, 3.8) is 0 Å². The van der Waals surface area contributed by atoms with Crippen LogP contribution in [0, 0.1) is 0 Å². The Morgan fingerprint density at radius 3 is 2.86 bits per heavy atom. The van der Waals surface area contributed by atoms with Crippen molar-refractivity contribution in [3.05, 3.63) is 47.0 Å². The van der Waals surface area contributed by atoms with E-state index in [2.05, 4.69) is 29.4 Å². The molecular formula is C16H20N2O2S. The molecule has 0 saturated heterocycles. The lowest BCUT2D eigenvalue weighted by Crippen LogP contribution is -2.18. The largest absolute Gasteiger partial charge is 0.466 e. The van der Waals surface area contributed by atoms with E-state index >= 15 is 0 Å². The van der Waals surface area contributed by atoms with Gasteiger partial charge in [0.1, 0.15) is 0 Å². The second-order valence-corrected chi connectivity index (χ2v) is 5.72. The lowest BCUT2D eigenvalue weighted by atomic mass is 10.1. The van der Waals surface area contributed by atoms with Crippen LogP contribution in [0.4, 0.5) is 5.13 Å². The summed E-state index contributed by atoms with van der Waals surface area (Å²) in [6.07, 6.45) is 1.17. The van der Waals surface area contributed by atoms with Crippen molar-refractivity contribution in [2.24, 2.45) is 0 Å². The van der Waals surface area contributed by atoms with E-state index in [0.717, 1.165) is 17.2 Å². The first-order valence-electron chi connectivity index (χ1n) is 7.08. The number of nitrogens with zero attached hydrogens (tertiary/aromatic N) is 1. The van der Waals surface area contributed by atoms with Gasteiger partial charge in [-0.05, 0) is 25.8 Å². The summed E-state index contributed by atoms with van der Waals surface area (Å²) in [4.78, 5) is 15.8. The summed E-state index contributed by atoms with van der Waals surface area (Å²) in [6.45, 7) is 4.33. The molecule has 0 aliphatic heterocycles. The molecular weight excluding hydrogens is 284 g/mol. The van der Waals surface area contributed by atoms with Crippen molar-refractivity contribution in [2.45, 2.75) is 32.7 Å². The number of ether oxygens (including phenoxy) is 1. The van der Waals surface area contributed by atoms with E-state index in [1.807, 2.05) is 23.6 Å². The van der Waals surface area contributed by atoms with Gasteiger partial charge in [-0.2, -0.15) is 0 Å². The summed E-state index contributed by atoms with van der Waals surface area (Å²) in [5.41, 5.74) is 2.05. The molecule has 5 heteroatoms. The van der Waals surface area contributed by atoms with Crippen LogP contribution in [0.3, 0.4) is 0 Å². The fourth-order valence-electron chi connectivity index (χ4n) is 2.04. The van der Waals surface area contributed by atoms with Crippen molar-refractivity contribution < 1.29 is 9.53 Å². The highest BCUT2D eigenvalue weighted by molar-refractivity contribution is 7.13. The zero-order valence-electron chi connectivity index (χ0n) is 12.3. The van der Waals surface area contributed by atoms with Crippen LogP contribution in [0.5, 0.6) is 0 Å². The number of benzene rings is 1. The normalized spacial score (nSPS) is 11.9. The molecule has 0 bridgehead atoms. The Hall–Kier alpha value is -1.88. The lowest BCUT2D eigenvalue weighted by molar-refractivity contribution is -0.142. The maximum absolute atomic E-state index is 11.4. The van der Waals surface area contributed by atoms with E-state index in [0.29, 0.717) is 6.61 Å². The van der Waals surface area contributed by atoms with Crippen molar-refractivity contribution in [1.82, 2.24) is 4.98 Å². The van der Waals surface area contributed by atoms with E-state index < -0.39 is 0 Å². The van der Waals surface area contributed by atoms with E-state index in [-0.39, 0.29) is 18.4 Å². The summed E-state index contributed by atoms with van der Waals surface area (Å²) in [6, 6.07) is 10.6. The fourth-order valence-corrected chi connectivity index (χ4v) is 2.87. The number of carbonyl (C=O) groups excluding carboxylic acids is 1. The lowest BCUT2D eigenvalue weighted by Gasteiger charge is -2.12. The predicted octanol–water partition coefficient (Wildman–Crippen LogP) is 3.29. The van der Waals surface area contributed by atoms with E-state index in [1.165, 1.54) is 16.9 Å². The molecule has 1 atom stereocenters. The Labute approximate surface area is 129 Å². The van der Waals surface area contributed by atoms with Crippen LogP contribution in [-0.2, 0) is 22.4 Å². The Morgan fingerprint density at radius 2 is 2.14 bits per heavy atom. The van der Waals surface area contributed by atoms with Gasteiger partial charge in [0.15, 0.2) is 5.13 Å². The molecule has 4 nitrogen and oxygen atoms in total. The highest BCUT2D eigenvalue weighted by Gasteiger charge is 2.10. The zero-order chi connectivity index (χ0) is 15.1. The molecule has 0 aliphatic carbocycles. The Morgan fingerprint density at radius 1 is 1.38 bits per heavy atom.